The lowest BCUT2D eigenvalue weighted by Crippen LogP contribution is -2.35. The van der Waals surface area contributed by atoms with Gasteiger partial charge in [-0.2, -0.15) is 0 Å². The number of ether oxygens (including phenoxy) is 2. The number of rotatable bonds is 7. The highest BCUT2D eigenvalue weighted by Gasteiger charge is 2.21. The molecule has 0 saturated carbocycles. The fraction of sp³-hybridized carbons (Fsp3) is 0.190. The number of esters is 1. The number of benzene rings is 2. The number of nitrogens with one attached hydrogen (secondary N) is 1. The van der Waals surface area contributed by atoms with Crippen LogP contribution >= 0.6 is 11.3 Å². The second-order valence-electron chi connectivity index (χ2n) is 6.02. The van der Waals surface area contributed by atoms with Gasteiger partial charge in [-0.1, -0.05) is 30.3 Å². The molecule has 1 aromatic heterocycles. The first kappa shape index (κ1) is 19.6. The molecule has 1 N–H and O–H groups in total. The van der Waals surface area contributed by atoms with Crippen LogP contribution in [0.15, 0.2) is 60.0 Å². The zero-order valence-electron chi connectivity index (χ0n) is 15.5. The van der Waals surface area contributed by atoms with Gasteiger partial charge in [0.25, 0.3) is 5.91 Å². The third-order valence-corrected chi connectivity index (χ3v) is 4.90. The molecule has 0 radical (unpaired) electrons. The van der Waals surface area contributed by atoms with Crippen molar-refractivity contribution in [3.05, 3.63) is 71.2 Å². The van der Waals surface area contributed by atoms with Gasteiger partial charge in [0.05, 0.1) is 7.11 Å². The summed E-state index contributed by atoms with van der Waals surface area (Å²) in [5.74, 6) is -0.239. The van der Waals surface area contributed by atoms with E-state index in [1.54, 1.807) is 12.5 Å². The fourth-order valence-electron chi connectivity index (χ4n) is 2.44. The van der Waals surface area contributed by atoms with Crippen LogP contribution in [-0.4, -0.2) is 30.1 Å². The second-order valence-corrected chi connectivity index (χ2v) is 6.88. The average molecular weight is 396 g/mol. The first-order valence-electron chi connectivity index (χ1n) is 8.69. The molecule has 144 valence electrons. The minimum atomic E-state index is -0.914. The summed E-state index contributed by atoms with van der Waals surface area (Å²) in [4.78, 5) is 28.8. The Kier molecular flexibility index (Phi) is 6.39. The van der Waals surface area contributed by atoms with Gasteiger partial charge in [0.15, 0.2) is 11.8 Å². The van der Waals surface area contributed by atoms with Gasteiger partial charge in [-0.05, 0) is 36.8 Å². The lowest BCUT2D eigenvalue weighted by Gasteiger charge is -2.12. The zero-order valence-corrected chi connectivity index (χ0v) is 16.4. The number of amides is 1. The van der Waals surface area contributed by atoms with E-state index in [4.69, 9.17) is 9.47 Å². The minimum Gasteiger partial charge on any atom is -0.497 e. The molecule has 6 nitrogen and oxygen atoms in total. The Bertz CT molecular complexity index is 939. The maximum absolute atomic E-state index is 12.3. The molecule has 28 heavy (non-hydrogen) atoms. The van der Waals surface area contributed by atoms with Crippen LogP contribution in [-0.2, 0) is 16.1 Å². The highest BCUT2D eigenvalue weighted by atomic mass is 32.1. The van der Waals surface area contributed by atoms with Gasteiger partial charge in [0, 0.05) is 17.5 Å². The lowest BCUT2D eigenvalue weighted by molar-refractivity contribution is -0.129. The molecule has 0 bridgehead atoms. The van der Waals surface area contributed by atoms with Gasteiger partial charge < -0.3 is 14.8 Å². The van der Waals surface area contributed by atoms with Crippen molar-refractivity contribution in [2.24, 2.45) is 0 Å². The number of hydrogen-bond acceptors (Lipinski definition) is 6. The number of aromatic nitrogens is 1. The summed E-state index contributed by atoms with van der Waals surface area (Å²) < 4.78 is 10.4. The molecule has 0 aliphatic rings. The quantitative estimate of drug-likeness (QED) is 0.617. The van der Waals surface area contributed by atoms with Crippen LogP contribution in [0.2, 0.25) is 0 Å². The van der Waals surface area contributed by atoms with Crippen molar-refractivity contribution in [1.29, 1.82) is 0 Å². The van der Waals surface area contributed by atoms with E-state index in [-0.39, 0.29) is 11.6 Å². The van der Waals surface area contributed by atoms with Gasteiger partial charge in [0.1, 0.15) is 10.8 Å². The summed E-state index contributed by atoms with van der Waals surface area (Å²) in [5.41, 5.74) is 2.02. The molecule has 0 saturated heterocycles. The lowest BCUT2D eigenvalue weighted by atomic mass is 10.2. The van der Waals surface area contributed by atoms with Crippen LogP contribution in [0.25, 0.3) is 10.6 Å². The van der Waals surface area contributed by atoms with Crippen molar-refractivity contribution in [3.8, 4) is 16.3 Å². The van der Waals surface area contributed by atoms with Gasteiger partial charge in [-0.3, -0.25) is 4.79 Å². The van der Waals surface area contributed by atoms with Crippen LogP contribution in [0.4, 0.5) is 0 Å². The molecule has 7 heteroatoms. The monoisotopic (exact) mass is 396 g/mol. The van der Waals surface area contributed by atoms with E-state index in [1.807, 2.05) is 54.6 Å². The van der Waals surface area contributed by atoms with E-state index >= 15 is 0 Å². The van der Waals surface area contributed by atoms with Crippen LogP contribution in [0.1, 0.15) is 23.0 Å². The smallest absolute Gasteiger partial charge is 0.358 e. The van der Waals surface area contributed by atoms with Gasteiger partial charge in [0.2, 0.25) is 0 Å². The summed E-state index contributed by atoms with van der Waals surface area (Å²) in [7, 11) is 1.60. The maximum atomic E-state index is 12.3. The van der Waals surface area contributed by atoms with E-state index in [9.17, 15) is 9.59 Å². The van der Waals surface area contributed by atoms with Crippen molar-refractivity contribution in [3.63, 3.8) is 0 Å². The highest BCUT2D eigenvalue weighted by molar-refractivity contribution is 7.13. The molecule has 0 spiro atoms. The number of thiazole rings is 1. The second kappa shape index (κ2) is 9.14. The van der Waals surface area contributed by atoms with Crippen molar-refractivity contribution >= 4 is 23.2 Å². The predicted octanol–water partition coefficient (Wildman–Crippen LogP) is 3.68. The van der Waals surface area contributed by atoms with Crippen molar-refractivity contribution in [2.45, 2.75) is 19.6 Å². The first-order valence-corrected chi connectivity index (χ1v) is 9.57. The summed E-state index contributed by atoms with van der Waals surface area (Å²) in [6.07, 6.45) is -0.914. The van der Waals surface area contributed by atoms with Gasteiger partial charge >= 0.3 is 5.97 Å². The van der Waals surface area contributed by atoms with E-state index < -0.39 is 12.1 Å². The molecule has 1 amide bonds. The molecule has 1 heterocycles. The summed E-state index contributed by atoms with van der Waals surface area (Å²) >= 11 is 1.33. The molecule has 0 fully saturated rings. The predicted molar refractivity (Wildman–Crippen MR) is 107 cm³/mol. The Balaban J connectivity index is 1.56. The summed E-state index contributed by atoms with van der Waals surface area (Å²) in [5, 5.41) is 5.06. The Morgan fingerprint density at radius 2 is 1.82 bits per heavy atom. The molecule has 0 aliphatic heterocycles. The summed E-state index contributed by atoms with van der Waals surface area (Å²) in [6, 6.07) is 16.9. The number of nitrogens with zero attached hydrogens (tertiary/aromatic N) is 1. The Morgan fingerprint density at radius 3 is 2.50 bits per heavy atom. The van der Waals surface area contributed by atoms with E-state index in [0.717, 1.165) is 16.9 Å². The minimum absolute atomic E-state index is 0.179. The SMILES string of the molecule is COc1ccc(-c2nc(C(=O)O[C@@H](C)C(=O)NCc3ccccc3)cs2)cc1. The molecule has 3 aromatic rings. The summed E-state index contributed by atoms with van der Waals surface area (Å²) in [6.45, 7) is 1.91. The molecule has 0 unspecified atom stereocenters. The van der Waals surface area contributed by atoms with Crippen LogP contribution in [0.5, 0.6) is 5.75 Å². The zero-order chi connectivity index (χ0) is 19.9. The average Bonchev–Trinajstić information content (AvgIpc) is 3.23. The van der Waals surface area contributed by atoms with Crippen LogP contribution < -0.4 is 10.1 Å². The van der Waals surface area contributed by atoms with Crippen molar-refractivity contribution in [1.82, 2.24) is 10.3 Å². The Hall–Kier alpha value is -3.19. The maximum Gasteiger partial charge on any atom is 0.358 e. The van der Waals surface area contributed by atoms with Gasteiger partial charge in [-0.15, -0.1) is 11.3 Å². The third-order valence-electron chi connectivity index (χ3n) is 4.01. The molecule has 0 aliphatic carbocycles. The molecular weight excluding hydrogens is 376 g/mol. The number of carbonyl (C=O) groups excluding carboxylic acids is 2. The first-order chi connectivity index (χ1) is 13.6. The standard InChI is InChI=1S/C21H20N2O4S/c1-14(19(24)22-12-15-6-4-3-5-7-15)27-21(25)18-13-28-20(23-18)16-8-10-17(26-2)11-9-16/h3-11,13-14H,12H2,1-2H3,(H,22,24)/t14-/m0/s1. The Labute approximate surface area is 167 Å². The van der Waals surface area contributed by atoms with Crippen molar-refractivity contribution < 1.29 is 19.1 Å². The van der Waals surface area contributed by atoms with Gasteiger partial charge in [-0.25, -0.2) is 9.78 Å². The normalized spacial score (nSPS) is 11.5. The topological polar surface area (TPSA) is 77.5 Å². The van der Waals surface area contributed by atoms with E-state index in [1.165, 1.54) is 18.3 Å². The third kappa shape index (κ3) is 4.95. The van der Waals surface area contributed by atoms with Crippen LogP contribution in [0.3, 0.4) is 0 Å². The number of methoxy groups -OCH3 is 1. The molecular formula is C21H20N2O4S. The largest absolute Gasteiger partial charge is 0.497 e. The molecule has 2 aromatic carbocycles. The number of hydrogen-bond donors (Lipinski definition) is 1. The fourth-order valence-corrected chi connectivity index (χ4v) is 3.23. The van der Waals surface area contributed by atoms with E-state index in [2.05, 4.69) is 10.3 Å². The molecule has 3 rings (SSSR count). The van der Waals surface area contributed by atoms with Crippen molar-refractivity contribution in [2.75, 3.05) is 7.11 Å². The number of carbonyl (C=O) groups is 2. The molecule has 1 atom stereocenters. The Morgan fingerprint density at radius 1 is 1.11 bits per heavy atom. The highest BCUT2D eigenvalue weighted by Crippen LogP contribution is 2.26. The van der Waals surface area contributed by atoms with E-state index in [0.29, 0.717) is 11.6 Å². The van der Waals surface area contributed by atoms with Crippen LogP contribution in [0, 0.1) is 0 Å².